The van der Waals surface area contributed by atoms with E-state index in [-0.39, 0.29) is 11.5 Å². The summed E-state index contributed by atoms with van der Waals surface area (Å²) in [4.78, 5) is 6.49. The molecule has 0 spiro atoms. The second-order valence-corrected chi connectivity index (χ2v) is 6.40. The van der Waals surface area contributed by atoms with E-state index in [0.29, 0.717) is 0 Å². The number of halogens is 1. The highest BCUT2D eigenvalue weighted by Crippen LogP contribution is 2.29. The third-order valence-corrected chi connectivity index (χ3v) is 3.83. The van der Waals surface area contributed by atoms with Gasteiger partial charge in [-0.25, -0.2) is 0 Å². The van der Waals surface area contributed by atoms with Crippen molar-refractivity contribution in [3.63, 3.8) is 0 Å². The van der Waals surface area contributed by atoms with Crippen LogP contribution in [0.2, 0.25) is 5.02 Å². The zero-order valence-corrected chi connectivity index (χ0v) is 11.8. The van der Waals surface area contributed by atoms with Crippen LogP contribution in [-0.2, 0) is 6.54 Å². The number of aliphatic hydroxyl groups is 1. The number of pyridine rings is 1. The number of aromatic nitrogens is 1. The van der Waals surface area contributed by atoms with Gasteiger partial charge in [-0.2, -0.15) is 0 Å². The minimum atomic E-state index is -0.186. The van der Waals surface area contributed by atoms with Crippen molar-refractivity contribution in [1.82, 2.24) is 9.88 Å². The van der Waals surface area contributed by atoms with Crippen LogP contribution in [0.15, 0.2) is 18.5 Å². The maximum atomic E-state index is 9.90. The Balaban J connectivity index is 2.07. The average molecular weight is 269 g/mol. The van der Waals surface area contributed by atoms with Crippen molar-refractivity contribution in [2.24, 2.45) is 5.41 Å². The number of aliphatic hydroxyl groups excluding tert-OH is 1. The van der Waals surface area contributed by atoms with Crippen LogP contribution in [0, 0.1) is 5.41 Å². The fourth-order valence-corrected chi connectivity index (χ4v) is 2.89. The number of likely N-dealkylation sites (tertiary alicyclic amines) is 1. The minimum Gasteiger partial charge on any atom is -0.393 e. The molecule has 0 amide bonds. The van der Waals surface area contributed by atoms with E-state index in [2.05, 4.69) is 23.7 Å². The first kappa shape index (κ1) is 13.8. The molecule has 1 saturated heterocycles. The van der Waals surface area contributed by atoms with Crippen LogP contribution in [0.3, 0.4) is 0 Å². The Bertz CT molecular complexity index is 409. The molecule has 2 heterocycles. The van der Waals surface area contributed by atoms with Crippen LogP contribution in [0.25, 0.3) is 0 Å². The molecule has 4 heteroatoms. The first-order valence-electron chi connectivity index (χ1n) is 6.45. The van der Waals surface area contributed by atoms with Crippen molar-refractivity contribution in [3.8, 4) is 0 Å². The summed E-state index contributed by atoms with van der Waals surface area (Å²) >= 11 is 6.17. The zero-order valence-electron chi connectivity index (χ0n) is 11.1. The van der Waals surface area contributed by atoms with E-state index in [9.17, 15) is 5.11 Å². The van der Waals surface area contributed by atoms with E-state index in [0.717, 1.165) is 43.1 Å². The molecule has 1 aliphatic heterocycles. The van der Waals surface area contributed by atoms with Crippen molar-refractivity contribution < 1.29 is 5.11 Å². The van der Waals surface area contributed by atoms with Gasteiger partial charge in [0.25, 0.3) is 0 Å². The van der Waals surface area contributed by atoms with Gasteiger partial charge in [0.15, 0.2) is 0 Å². The van der Waals surface area contributed by atoms with E-state index in [1.54, 1.807) is 6.20 Å². The molecule has 1 aromatic heterocycles. The standard InChI is InChI=1S/C14H21ClN2O/c1-14(2)7-12(18)4-6-17(10-14)9-11-8-16-5-3-13(11)15/h3,5,8,12,18H,4,6-7,9-10H2,1-2H3/t12-/m1/s1. The van der Waals surface area contributed by atoms with Crippen molar-refractivity contribution in [2.45, 2.75) is 39.3 Å². The van der Waals surface area contributed by atoms with Crippen molar-refractivity contribution >= 4 is 11.6 Å². The monoisotopic (exact) mass is 268 g/mol. The third-order valence-electron chi connectivity index (χ3n) is 3.46. The molecule has 3 nitrogen and oxygen atoms in total. The van der Waals surface area contributed by atoms with Gasteiger partial charge in [-0.15, -0.1) is 0 Å². The molecular formula is C14H21ClN2O. The summed E-state index contributed by atoms with van der Waals surface area (Å²) in [7, 11) is 0. The summed E-state index contributed by atoms with van der Waals surface area (Å²) in [5, 5.41) is 10.7. The minimum absolute atomic E-state index is 0.143. The van der Waals surface area contributed by atoms with Gasteiger partial charge in [0, 0.05) is 42.6 Å². The van der Waals surface area contributed by atoms with E-state index in [4.69, 9.17) is 11.6 Å². The molecule has 1 fully saturated rings. The normalized spacial score (nSPS) is 24.8. The summed E-state index contributed by atoms with van der Waals surface area (Å²) in [5.41, 5.74) is 1.20. The van der Waals surface area contributed by atoms with E-state index in [1.165, 1.54) is 0 Å². The van der Waals surface area contributed by atoms with Crippen LogP contribution in [-0.4, -0.2) is 34.2 Å². The van der Waals surface area contributed by atoms with Gasteiger partial charge in [-0.1, -0.05) is 25.4 Å². The Morgan fingerprint density at radius 3 is 3.06 bits per heavy atom. The van der Waals surface area contributed by atoms with Gasteiger partial charge < -0.3 is 5.11 Å². The van der Waals surface area contributed by atoms with Gasteiger partial charge >= 0.3 is 0 Å². The fourth-order valence-electron chi connectivity index (χ4n) is 2.72. The predicted molar refractivity (Wildman–Crippen MR) is 73.5 cm³/mol. The number of nitrogens with zero attached hydrogens (tertiary/aromatic N) is 2. The molecule has 0 saturated carbocycles. The molecular weight excluding hydrogens is 248 g/mol. The second-order valence-electron chi connectivity index (χ2n) is 5.99. The number of rotatable bonds is 2. The van der Waals surface area contributed by atoms with Crippen molar-refractivity contribution in [1.29, 1.82) is 0 Å². The summed E-state index contributed by atoms with van der Waals surface area (Å²) in [6, 6.07) is 1.83. The molecule has 0 radical (unpaired) electrons. The van der Waals surface area contributed by atoms with Gasteiger partial charge in [-0.05, 0) is 24.3 Å². The van der Waals surface area contributed by atoms with Crippen molar-refractivity contribution in [3.05, 3.63) is 29.0 Å². The Kier molecular flexibility index (Phi) is 4.25. The molecule has 18 heavy (non-hydrogen) atoms. The topological polar surface area (TPSA) is 36.4 Å². The van der Waals surface area contributed by atoms with E-state index in [1.807, 2.05) is 12.3 Å². The van der Waals surface area contributed by atoms with Gasteiger partial charge in [0.05, 0.1) is 6.10 Å². The quantitative estimate of drug-likeness (QED) is 0.896. The summed E-state index contributed by atoms with van der Waals surface area (Å²) in [6.07, 6.45) is 5.05. The molecule has 1 N–H and O–H groups in total. The zero-order chi connectivity index (χ0) is 13.2. The van der Waals surface area contributed by atoms with Crippen LogP contribution >= 0.6 is 11.6 Å². The Labute approximate surface area is 114 Å². The first-order chi connectivity index (χ1) is 8.46. The smallest absolute Gasteiger partial charge is 0.0558 e. The van der Waals surface area contributed by atoms with Crippen LogP contribution in [0.1, 0.15) is 32.3 Å². The largest absolute Gasteiger partial charge is 0.393 e. The first-order valence-corrected chi connectivity index (χ1v) is 6.83. The SMILES string of the molecule is CC1(C)C[C@H](O)CCN(Cc2cnccc2Cl)C1. The highest BCUT2D eigenvalue weighted by molar-refractivity contribution is 6.31. The van der Waals surface area contributed by atoms with E-state index < -0.39 is 0 Å². The molecule has 0 aromatic carbocycles. The summed E-state index contributed by atoms with van der Waals surface area (Å²) in [5.74, 6) is 0. The highest BCUT2D eigenvalue weighted by Gasteiger charge is 2.29. The Morgan fingerprint density at radius 2 is 2.33 bits per heavy atom. The van der Waals surface area contributed by atoms with Crippen molar-refractivity contribution in [2.75, 3.05) is 13.1 Å². The lowest BCUT2D eigenvalue weighted by molar-refractivity contribution is 0.121. The maximum absolute atomic E-state index is 9.90. The third kappa shape index (κ3) is 3.67. The van der Waals surface area contributed by atoms with Gasteiger partial charge in [0.1, 0.15) is 0 Å². The molecule has 100 valence electrons. The summed E-state index contributed by atoms with van der Waals surface area (Å²) < 4.78 is 0. The van der Waals surface area contributed by atoms with Gasteiger partial charge in [-0.3, -0.25) is 9.88 Å². The molecule has 2 rings (SSSR count). The summed E-state index contributed by atoms with van der Waals surface area (Å²) in [6.45, 7) is 7.12. The van der Waals surface area contributed by atoms with E-state index >= 15 is 0 Å². The lowest BCUT2D eigenvalue weighted by Gasteiger charge is -2.29. The highest BCUT2D eigenvalue weighted by atomic mass is 35.5. The predicted octanol–water partition coefficient (Wildman–Crippen LogP) is 2.72. The molecule has 0 bridgehead atoms. The van der Waals surface area contributed by atoms with Gasteiger partial charge in [0.2, 0.25) is 0 Å². The Hall–Kier alpha value is -0.640. The molecule has 1 aliphatic rings. The lowest BCUT2D eigenvalue weighted by atomic mass is 9.87. The molecule has 0 unspecified atom stereocenters. The molecule has 0 aliphatic carbocycles. The Morgan fingerprint density at radius 1 is 1.56 bits per heavy atom. The van der Waals surface area contributed by atoms with Crippen LogP contribution < -0.4 is 0 Å². The van der Waals surface area contributed by atoms with Crippen LogP contribution in [0.4, 0.5) is 0 Å². The molecule has 1 aromatic rings. The maximum Gasteiger partial charge on any atom is 0.0558 e. The molecule has 1 atom stereocenters. The lowest BCUT2D eigenvalue weighted by Crippen LogP contribution is -2.32. The second kappa shape index (κ2) is 5.55. The average Bonchev–Trinajstić information content (AvgIpc) is 2.40. The number of hydrogen-bond donors (Lipinski definition) is 1. The number of hydrogen-bond acceptors (Lipinski definition) is 3. The van der Waals surface area contributed by atoms with Crippen LogP contribution in [0.5, 0.6) is 0 Å². The fraction of sp³-hybridized carbons (Fsp3) is 0.643.